The lowest BCUT2D eigenvalue weighted by atomic mass is 10.3. The SMILES string of the molecule is CC(Oc1ccccc1F)C(=O)NCc1ncn[nH]1. The van der Waals surface area contributed by atoms with Gasteiger partial charge in [-0.3, -0.25) is 9.89 Å². The zero-order valence-corrected chi connectivity index (χ0v) is 10.3. The molecule has 2 rings (SSSR count). The summed E-state index contributed by atoms with van der Waals surface area (Å²) < 4.78 is 18.6. The molecule has 0 fully saturated rings. The summed E-state index contributed by atoms with van der Waals surface area (Å²) in [7, 11) is 0. The normalized spacial score (nSPS) is 11.9. The average molecular weight is 264 g/mol. The van der Waals surface area contributed by atoms with Gasteiger partial charge in [-0.25, -0.2) is 9.37 Å². The van der Waals surface area contributed by atoms with Crippen LogP contribution < -0.4 is 10.1 Å². The maximum Gasteiger partial charge on any atom is 0.261 e. The van der Waals surface area contributed by atoms with Crippen molar-refractivity contribution in [3.63, 3.8) is 0 Å². The third kappa shape index (κ3) is 3.51. The Kier molecular flexibility index (Phi) is 4.07. The highest BCUT2D eigenvalue weighted by molar-refractivity contribution is 5.80. The van der Waals surface area contributed by atoms with E-state index in [2.05, 4.69) is 20.5 Å². The number of para-hydroxylation sites is 1. The van der Waals surface area contributed by atoms with Gasteiger partial charge in [0, 0.05) is 0 Å². The van der Waals surface area contributed by atoms with Gasteiger partial charge in [0.25, 0.3) is 5.91 Å². The van der Waals surface area contributed by atoms with E-state index in [0.717, 1.165) is 0 Å². The molecule has 0 aliphatic rings. The van der Waals surface area contributed by atoms with E-state index in [4.69, 9.17) is 4.74 Å². The van der Waals surface area contributed by atoms with Crippen LogP contribution in [0.4, 0.5) is 4.39 Å². The van der Waals surface area contributed by atoms with E-state index in [0.29, 0.717) is 5.82 Å². The molecular formula is C12H13FN4O2. The number of hydrogen-bond acceptors (Lipinski definition) is 4. The van der Waals surface area contributed by atoms with E-state index in [1.807, 2.05) is 0 Å². The van der Waals surface area contributed by atoms with Gasteiger partial charge in [-0.05, 0) is 19.1 Å². The molecule has 19 heavy (non-hydrogen) atoms. The van der Waals surface area contributed by atoms with E-state index in [1.165, 1.54) is 18.5 Å². The van der Waals surface area contributed by atoms with Crippen LogP contribution in [0, 0.1) is 5.82 Å². The lowest BCUT2D eigenvalue weighted by Gasteiger charge is -2.14. The predicted molar refractivity (Wildman–Crippen MR) is 64.7 cm³/mol. The van der Waals surface area contributed by atoms with Crippen molar-refractivity contribution in [1.82, 2.24) is 20.5 Å². The molecule has 1 aromatic carbocycles. The van der Waals surface area contributed by atoms with Gasteiger partial charge in [0.2, 0.25) is 0 Å². The molecule has 1 heterocycles. The summed E-state index contributed by atoms with van der Waals surface area (Å²) in [6, 6.07) is 5.93. The molecule has 7 heteroatoms. The number of aromatic amines is 1. The second-order valence-corrected chi connectivity index (χ2v) is 3.84. The van der Waals surface area contributed by atoms with Crippen molar-refractivity contribution in [2.45, 2.75) is 19.6 Å². The van der Waals surface area contributed by atoms with Crippen LogP contribution in [0.1, 0.15) is 12.7 Å². The number of rotatable bonds is 5. The predicted octanol–water partition coefficient (Wildman–Crippen LogP) is 1.03. The number of hydrogen-bond donors (Lipinski definition) is 2. The number of halogens is 1. The molecular weight excluding hydrogens is 251 g/mol. The molecule has 2 N–H and O–H groups in total. The van der Waals surface area contributed by atoms with Crippen LogP contribution in [0.3, 0.4) is 0 Å². The van der Waals surface area contributed by atoms with E-state index in [9.17, 15) is 9.18 Å². The Labute approximate surface area is 109 Å². The average Bonchev–Trinajstić information content (AvgIpc) is 2.91. The smallest absolute Gasteiger partial charge is 0.261 e. The highest BCUT2D eigenvalue weighted by Gasteiger charge is 2.16. The van der Waals surface area contributed by atoms with Crippen molar-refractivity contribution >= 4 is 5.91 Å². The fourth-order valence-corrected chi connectivity index (χ4v) is 1.41. The van der Waals surface area contributed by atoms with Gasteiger partial charge in [-0.15, -0.1) is 0 Å². The Bertz CT molecular complexity index is 544. The first-order valence-corrected chi connectivity index (χ1v) is 5.70. The van der Waals surface area contributed by atoms with Crippen molar-refractivity contribution in [2.24, 2.45) is 0 Å². The summed E-state index contributed by atoms with van der Waals surface area (Å²) in [6.07, 6.45) is 0.542. The first-order chi connectivity index (χ1) is 9.16. The molecule has 0 bridgehead atoms. The first-order valence-electron chi connectivity index (χ1n) is 5.70. The number of carbonyl (C=O) groups is 1. The molecule has 0 aliphatic carbocycles. The summed E-state index contributed by atoms with van der Waals surface area (Å²) in [5, 5.41) is 8.87. The summed E-state index contributed by atoms with van der Waals surface area (Å²) in [5.41, 5.74) is 0. The summed E-state index contributed by atoms with van der Waals surface area (Å²) >= 11 is 0. The Morgan fingerprint density at radius 1 is 1.53 bits per heavy atom. The minimum atomic E-state index is -0.806. The third-order valence-electron chi connectivity index (χ3n) is 2.40. The first kappa shape index (κ1) is 13.0. The molecule has 0 saturated heterocycles. The molecule has 2 aromatic rings. The number of aromatic nitrogens is 3. The molecule has 1 unspecified atom stereocenters. The molecule has 0 spiro atoms. The topological polar surface area (TPSA) is 79.9 Å². The number of benzene rings is 1. The van der Waals surface area contributed by atoms with Crippen LogP contribution in [0.5, 0.6) is 5.75 Å². The summed E-state index contributed by atoms with van der Waals surface area (Å²) in [4.78, 5) is 15.6. The minimum absolute atomic E-state index is 0.0461. The summed E-state index contributed by atoms with van der Waals surface area (Å²) in [6.45, 7) is 1.76. The van der Waals surface area contributed by atoms with Gasteiger partial charge in [0.05, 0.1) is 6.54 Å². The van der Waals surface area contributed by atoms with Gasteiger partial charge in [-0.2, -0.15) is 5.10 Å². The monoisotopic (exact) mass is 264 g/mol. The number of carbonyl (C=O) groups excluding carboxylic acids is 1. The van der Waals surface area contributed by atoms with Crippen LogP contribution in [0.25, 0.3) is 0 Å². The standard InChI is InChI=1S/C12H13FN4O2/c1-8(19-10-5-3-2-4-9(10)13)12(18)14-6-11-15-7-16-17-11/h2-5,7-8H,6H2,1H3,(H,14,18)(H,15,16,17). The minimum Gasteiger partial charge on any atom is -0.478 e. The molecule has 1 aromatic heterocycles. The fourth-order valence-electron chi connectivity index (χ4n) is 1.41. The Morgan fingerprint density at radius 2 is 2.32 bits per heavy atom. The third-order valence-corrected chi connectivity index (χ3v) is 2.40. The Morgan fingerprint density at radius 3 is 3.00 bits per heavy atom. The molecule has 0 saturated carbocycles. The molecule has 0 radical (unpaired) electrons. The van der Waals surface area contributed by atoms with Crippen LogP contribution in [0.15, 0.2) is 30.6 Å². The fraction of sp³-hybridized carbons (Fsp3) is 0.250. The van der Waals surface area contributed by atoms with Crippen molar-refractivity contribution in [1.29, 1.82) is 0 Å². The second-order valence-electron chi connectivity index (χ2n) is 3.84. The highest BCUT2D eigenvalue weighted by Crippen LogP contribution is 2.16. The van der Waals surface area contributed by atoms with Crippen molar-refractivity contribution in [3.8, 4) is 5.75 Å². The molecule has 100 valence electrons. The van der Waals surface area contributed by atoms with Gasteiger partial charge in [-0.1, -0.05) is 12.1 Å². The summed E-state index contributed by atoms with van der Waals surface area (Å²) in [5.74, 6) is -0.284. The quantitative estimate of drug-likeness (QED) is 0.845. The van der Waals surface area contributed by atoms with Crippen molar-refractivity contribution in [2.75, 3.05) is 0 Å². The Hall–Kier alpha value is -2.44. The number of nitrogens with one attached hydrogen (secondary N) is 2. The van der Waals surface area contributed by atoms with Gasteiger partial charge in [0.15, 0.2) is 17.7 Å². The van der Waals surface area contributed by atoms with Crippen LogP contribution in [-0.2, 0) is 11.3 Å². The molecule has 1 amide bonds. The van der Waals surface area contributed by atoms with E-state index in [-0.39, 0.29) is 18.2 Å². The zero-order valence-electron chi connectivity index (χ0n) is 10.3. The lowest BCUT2D eigenvalue weighted by molar-refractivity contribution is -0.127. The molecule has 0 aliphatic heterocycles. The maximum atomic E-state index is 13.3. The number of ether oxygens (including phenoxy) is 1. The van der Waals surface area contributed by atoms with E-state index >= 15 is 0 Å². The number of amides is 1. The van der Waals surface area contributed by atoms with E-state index in [1.54, 1.807) is 19.1 Å². The largest absolute Gasteiger partial charge is 0.478 e. The lowest BCUT2D eigenvalue weighted by Crippen LogP contribution is -2.36. The number of H-pyrrole nitrogens is 1. The van der Waals surface area contributed by atoms with Crippen LogP contribution in [0.2, 0.25) is 0 Å². The highest BCUT2D eigenvalue weighted by atomic mass is 19.1. The molecule has 1 atom stereocenters. The second kappa shape index (κ2) is 5.94. The Balaban J connectivity index is 1.87. The van der Waals surface area contributed by atoms with E-state index < -0.39 is 11.9 Å². The van der Waals surface area contributed by atoms with Gasteiger partial charge >= 0.3 is 0 Å². The molecule has 6 nitrogen and oxygen atoms in total. The van der Waals surface area contributed by atoms with Crippen LogP contribution >= 0.6 is 0 Å². The van der Waals surface area contributed by atoms with Crippen LogP contribution in [-0.4, -0.2) is 27.2 Å². The van der Waals surface area contributed by atoms with Crippen molar-refractivity contribution < 1.29 is 13.9 Å². The zero-order chi connectivity index (χ0) is 13.7. The maximum absolute atomic E-state index is 13.3. The van der Waals surface area contributed by atoms with Gasteiger partial charge < -0.3 is 10.1 Å². The number of nitrogens with zero attached hydrogens (tertiary/aromatic N) is 2. The van der Waals surface area contributed by atoms with Gasteiger partial charge in [0.1, 0.15) is 12.2 Å². The van der Waals surface area contributed by atoms with Crippen molar-refractivity contribution in [3.05, 3.63) is 42.2 Å².